The minimum Gasteiger partial charge on any atom is -0.494 e. The number of hydrogen-bond donors (Lipinski definition) is 0. The molecule has 4 heteroatoms. The second-order valence-electron chi connectivity index (χ2n) is 4.03. The molecule has 18 heavy (non-hydrogen) atoms. The molecule has 94 valence electrons. The van der Waals surface area contributed by atoms with Gasteiger partial charge in [-0.2, -0.15) is 0 Å². The van der Waals surface area contributed by atoms with Gasteiger partial charge in [0, 0.05) is 11.3 Å². The quantitative estimate of drug-likeness (QED) is 0.784. The molecule has 3 nitrogen and oxygen atoms in total. The molecular formula is C14H15ClN2O. The van der Waals surface area contributed by atoms with Gasteiger partial charge >= 0.3 is 0 Å². The van der Waals surface area contributed by atoms with Crippen LogP contribution in [0.5, 0.6) is 5.75 Å². The summed E-state index contributed by atoms with van der Waals surface area (Å²) in [5.74, 6) is 1.46. The van der Waals surface area contributed by atoms with Gasteiger partial charge in [0.1, 0.15) is 10.9 Å². The molecule has 0 aliphatic rings. The van der Waals surface area contributed by atoms with E-state index in [0.29, 0.717) is 17.6 Å². The van der Waals surface area contributed by atoms with E-state index in [2.05, 4.69) is 16.9 Å². The van der Waals surface area contributed by atoms with E-state index in [0.717, 1.165) is 23.4 Å². The van der Waals surface area contributed by atoms with Crippen molar-refractivity contribution in [2.24, 2.45) is 0 Å². The zero-order chi connectivity index (χ0) is 13.0. The summed E-state index contributed by atoms with van der Waals surface area (Å²) in [6.07, 6.45) is 0.983. The van der Waals surface area contributed by atoms with Crippen LogP contribution >= 0.6 is 11.6 Å². The first kappa shape index (κ1) is 12.8. The highest BCUT2D eigenvalue weighted by molar-refractivity contribution is 6.29. The van der Waals surface area contributed by atoms with Crippen LogP contribution in [0.15, 0.2) is 30.3 Å². The smallest absolute Gasteiger partial charge is 0.161 e. The highest BCUT2D eigenvalue weighted by Gasteiger charge is 2.05. The van der Waals surface area contributed by atoms with Crippen LogP contribution in [0.4, 0.5) is 0 Å². The van der Waals surface area contributed by atoms with E-state index in [9.17, 15) is 0 Å². The monoisotopic (exact) mass is 262 g/mol. The fourth-order valence-corrected chi connectivity index (χ4v) is 1.84. The maximum absolute atomic E-state index is 5.94. The zero-order valence-electron chi connectivity index (χ0n) is 10.5. The Morgan fingerprint density at radius 1 is 1.22 bits per heavy atom. The van der Waals surface area contributed by atoms with Crippen molar-refractivity contribution in [2.45, 2.75) is 20.3 Å². The van der Waals surface area contributed by atoms with Gasteiger partial charge in [0.05, 0.1) is 6.61 Å². The molecule has 1 aromatic carbocycles. The van der Waals surface area contributed by atoms with E-state index < -0.39 is 0 Å². The molecule has 2 aromatic rings. The molecule has 0 unspecified atom stereocenters. The zero-order valence-corrected chi connectivity index (χ0v) is 11.2. The topological polar surface area (TPSA) is 35.0 Å². The van der Waals surface area contributed by atoms with E-state index in [1.165, 1.54) is 0 Å². The van der Waals surface area contributed by atoms with Crippen molar-refractivity contribution in [3.8, 4) is 17.1 Å². The minimum atomic E-state index is 0.456. The van der Waals surface area contributed by atoms with Crippen LogP contribution in [-0.4, -0.2) is 16.6 Å². The van der Waals surface area contributed by atoms with E-state index >= 15 is 0 Å². The maximum Gasteiger partial charge on any atom is 0.161 e. The van der Waals surface area contributed by atoms with Crippen molar-refractivity contribution in [1.29, 1.82) is 0 Å². The number of nitrogens with zero attached hydrogens (tertiary/aromatic N) is 2. The molecule has 0 atom stereocenters. The Balaban J connectivity index is 2.32. The second kappa shape index (κ2) is 5.83. The Kier molecular flexibility index (Phi) is 4.15. The number of aromatic nitrogens is 2. The molecule has 0 saturated heterocycles. The third-order valence-electron chi connectivity index (χ3n) is 2.39. The Labute approximate surface area is 112 Å². The molecule has 0 fully saturated rings. The number of hydrogen-bond acceptors (Lipinski definition) is 3. The number of ether oxygens (including phenoxy) is 1. The summed E-state index contributed by atoms with van der Waals surface area (Å²) in [6, 6.07) is 9.48. The van der Waals surface area contributed by atoms with Crippen molar-refractivity contribution >= 4 is 11.6 Å². The van der Waals surface area contributed by atoms with Gasteiger partial charge < -0.3 is 4.74 Å². The summed E-state index contributed by atoms with van der Waals surface area (Å²) in [6.45, 7) is 4.68. The summed E-state index contributed by atoms with van der Waals surface area (Å²) >= 11 is 5.94. The Hall–Kier alpha value is -1.61. The van der Waals surface area contributed by atoms with Gasteiger partial charge in [0.2, 0.25) is 0 Å². The van der Waals surface area contributed by atoms with Gasteiger partial charge in [-0.15, -0.1) is 0 Å². The van der Waals surface area contributed by atoms with Gasteiger partial charge in [0.25, 0.3) is 0 Å². The lowest BCUT2D eigenvalue weighted by atomic mass is 10.2. The third-order valence-corrected chi connectivity index (χ3v) is 2.58. The van der Waals surface area contributed by atoms with Gasteiger partial charge in [-0.3, -0.25) is 0 Å². The summed E-state index contributed by atoms with van der Waals surface area (Å²) < 4.78 is 5.59. The number of benzene rings is 1. The molecule has 0 aliphatic heterocycles. The molecule has 0 amide bonds. The van der Waals surface area contributed by atoms with Crippen LogP contribution in [0.2, 0.25) is 5.15 Å². The predicted molar refractivity (Wildman–Crippen MR) is 73.0 cm³/mol. The van der Waals surface area contributed by atoms with Crippen molar-refractivity contribution in [1.82, 2.24) is 9.97 Å². The minimum absolute atomic E-state index is 0.456. The molecule has 0 N–H and O–H groups in total. The first-order valence-corrected chi connectivity index (χ1v) is 6.31. The normalized spacial score (nSPS) is 10.4. The Morgan fingerprint density at radius 2 is 2.06 bits per heavy atom. The number of halogens is 1. The average Bonchev–Trinajstić information content (AvgIpc) is 2.35. The Morgan fingerprint density at radius 3 is 2.78 bits per heavy atom. The first-order chi connectivity index (χ1) is 8.69. The van der Waals surface area contributed by atoms with Gasteiger partial charge in [0.15, 0.2) is 5.82 Å². The van der Waals surface area contributed by atoms with Crippen LogP contribution < -0.4 is 4.74 Å². The molecule has 1 heterocycles. The van der Waals surface area contributed by atoms with Crippen LogP contribution in [0.3, 0.4) is 0 Å². The summed E-state index contributed by atoms with van der Waals surface area (Å²) in [4.78, 5) is 8.60. The van der Waals surface area contributed by atoms with E-state index in [-0.39, 0.29) is 0 Å². The summed E-state index contributed by atoms with van der Waals surface area (Å²) in [5, 5.41) is 0.456. The highest BCUT2D eigenvalue weighted by atomic mass is 35.5. The highest BCUT2D eigenvalue weighted by Crippen LogP contribution is 2.22. The predicted octanol–water partition coefficient (Wildman–Crippen LogP) is 3.89. The lowest BCUT2D eigenvalue weighted by Gasteiger charge is -2.07. The molecule has 2 rings (SSSR count). The van der Waals surface area contributed by atoms with Gasteiger partial charge in [-0.25, -0.2) is 9.97 Å². The molecule has 0 aliphatic carbocycles. The number of aryl methyl sites for hydroxylation is 1. The van der Waals surface area contributed by atoms with Crippen molar-refractivity contribution in [3.63, 3.8) is 0 Å². The first-order valence-electron chi connectivity index (χ1n) is 5.93. The van der Waals surface area contributed by atoms with E-state index in [1.54, 1.807) is 6.07 Å². The van der Waals surface area contributed by atoms with Gasteiger partial charge in [-0.05, 0) is 31.5 Å². The Bertz CT molecular complexity index is 523. The lowest BCUT2D eigenvalue weighted by Crippen LogP contribution is -1.96. The summed E-state index contributed by atoms with van der Waals surface area (Å²) in [5.41, 5.74) is 1.76. The molecule has 0 bridgehead atoms. The van der Waals surface area contributed by atoms with Crippen molar-refractivity contribution in [3.05, 3.63) is 41.2 Å². The van der Waals surface area contributed by atoms with Gasteiger partial charge in [-0.1, -0.05) is 30.7 Å². The van der Waals surface area contributed by atoms with Crippen LogP contribution in [0.1, 0.15) is 19.0 Å². The molecule has 0 saturated carbocycles. The van der Waals surface area contributed by atoms with Crippen LogP contribution in [-0.2, 0) is 0 Å². The van der Waals surface area contributed by atoms with Crippen molar-refractivity contribution in [2.75, 3.05) is 6.61 Å². The van der Waals surface area contributed by atoms with Crippen LogP contribution in [0.25, 0.3) is 11.4 Å². The van der Waals surface area contributed by atoms with E-state index in [4.69, 9.17) is 16.3 Å². The molecular weight excluding hydrogens is 248 g/mol. The van der Waals surface area contributed by atoms with Crippen molar-refractivity contribution < 1.29 is 4.74 Å². The maximum atomic E-state index is 5.94. The molecule has 0 spiro atoms. The summed E-state index contributed by atoms with van der Waals surface area (Å²) in [7, 11) is 0. The third kappa shape index (κ3) is 3.20. The molecule has 0 radical (unpaired) electrons. The molecule has 1 aromatic heterocycles. The lowest BCUT2D eigenvalue weighted by molar-refractivity contribution is 0.317. The SMILES string of the molecule is CCCOc1cccc(-c2nc(C)cc(Cl)n2)c1. The number of rotatable bonds is 4. The van der Waals surface area contributed by atoms with Crippen LogP contribution in [0, 0.1) is 6.92 Å². The standard InChI is InChI=1S/C14H15ClN2O/c1-3-7-18-12-6-4-5-11(9-12)14-16-10(2)8-13(15)17-14/h4-6,8-9H,3,7H2,1-2H3. The van der Waals surface area contributed by atoms with E-state index in [1.807, 2.05) is 31.2 Å². The fraction of sp³-hybridized carbons (Fsp3) is 0.286. The fourth-order valence-electron chi connectivity index (χ4n) is 1.60. The second-order valence-corrected chi connectivity index (χ2v) is 4.42. The largest absolute Gasteiger partial charge is 0.494 e. The average molecular weight is 263 g/mol.